The second kappa shape index (κ2) is 4.91. The van der Waals surface area contributed by atoms with E-state index in [0.29, 0.717) is 10.5 Å². The number of benzene rings is 1. The molecule has 0 amide bonds. The van der Waals surface area contributed by atoms with Crippen LogP contribution in [0.2, 0.25) is 0 Å². The molecule has 1 N–H and O–H groups in total. The van der Waals surface area contributed by atoms with E-state index in [0.717, 1.165) is 29.9 Å². The van der Waals surface area contributed by atoms with Gasteiger partial charge >= 0.3 is 0 Å². The zero-order valence-electron chi connectivity index (χ0n) is 11.4. The van der Waals surface area contributed by atoms with Gasteiger partial charge in [0.1, 0.15) is 11.5 Å². The molecule has 0 aromatic heterocycles. The van der Waals surface area contributed by atoms with Crippen LogP contribution < -0.4 is 9.47 Å². The molecule has 1 aromatic carbocycles. The number of rotatable bonds is 3. The number of fused-ring (bicyclic) bond motifs is 2. The summed E-state index contributed by atoms with van der Waals surface area (Å²) in [7, 11) is 3.30. The first kappa shape index (κ1) is 13.1. The highest BCUT2D eigenvalue weighted by Gasteiger charge is 2.45. The summed E-state index contributed by atoms with van der Waals surface area (Å²) in [5.74, 6) is 1.53. The van der Waals surface area contributed by atoms with E-state index in [4.69, 9.17) is 9.47 Å². The Balaban J connectivity index is 1.99. The topological polar surface area (TPSA) is 38.7 Å². The third kappa shape index (κ3) is 2.32. The average Bonchev–Trinajstić information content (AvgIpc) is 2.77. The molecular weight excluding hydrogens is 260 g/mol. The van der Waals surface area contributed by atoms with Crippen LogP contribution in [0.5, 0.6) is 11.5 Å². The van der Waals surface area contributed by atoms with Crippen molar-refractivity contribution in [3.8, 4) is 11.5 Å². The molecule has 2 aliphatic rings. The minimum Gasteiger partial charge on any atom is -0.497 e. The molecule has 19 heavy (non-hydrogen) atoms. The summed E-state index contributed by atoms with van der Waals surface area (Å²) in [5, 5.41) is 12.3. The van der Waals surface area contributed by atoms with Crippen LogP contribution in [0, 0.1) is 0 Å². The maximum absolute atomic E-state index is 11.1. The molecule has 0 spiro atoms. The quantitative estimate of drug-likeness (QED) is 0.924. The number of aliphatic hydroxyl groups is 1. The second-order valence-corrected chi connectivity index (χ2v) is 7.07. The Morgan fingerprint density at radius 3 is 2.42 bits per heavy atom. The minimum absolute atomic E-state index is 0.583. The van der Waals surface area contributed by atoms with E-state index < -0.39 is 5.60 Å². The Morgan fingerprint density at radius 2 is 1.84 bits per heavy atom. The van der Waals surface area contributed by atoms with Crippen molar-refractivity contribution in [2.24, 2.45) is 0 Å². The molecule has 2 atom stereocenters. The summed E-state index contributed by atoms with van der Waals surface area (Å²) in [4.78, 5) is 0. The van der Waals surface area contributed by atoms with Gasteiger partial charge in [0.05, 0.1) is 19.8 Å². The summed E-state index contributed by atoms with van der Waals surface area (Å²) in [6.07, 6.45) is 4.09. The molecule has 104 valence electrons. The average molecular weight is 280 g/mol. The SMILES string of the molecule is COc1ccc(OC)c(C2(O)CC3CCC(C2)S3)c1. The van der Waals surface area contributed by atoms with Gasteiger partial charge in [-0.3, -0.25) is 0 Å². The van der Waals surface area contributed by atoms with E-state index in [9.17, 15) is 5.11 Å². The van der Waals surface area contributed by atoms with Crippen LogP contribution in [0.3, 0.4) is 0 Å². The Bertz CT molecular complexity index is 462. The van der Waals surface area contributed by atoms with Gasteiger partial charge in [0.25, 0.3) is 0 Å². The highest BCUT2D eigenvalue weighted by molar-refractivity contribution is 8.00. The van der Waals surface area contributed by atoms with Crippen LogP contribution >= 0.6 is 11.8 Å². The minimum atomic E-state index is -0.767. The monoisotopic (exact) mass is 280 g/mol. The second-order valence-electron chi connectivity index (χ2n) is 5.46. The fourth-order valence-electron chi connectivity index (χ4n) is 3.31. The molecule has 2 saturated heterocycles. The molecule has 2 aliphatic heterocycles. The molecule has 0 radical (unpaired) electrons. The summed E-state index contributed by atoms with van der Waals surface area (Å²) in [6, 6.07) is 5.68. The van der Waals surface area contributed by atoms with Gasteiger partial charge in [0.2, 0.25) is 0 Å². The summed E-state index contributed by atoms with van der Waals surface area (Å²) in [6.45, 7) is 0. The van der Waals surface area contributed by atoms with E-state index in [1.807, 2.05) is 30.0 Å². The molecule has 3 nitrogen and oxygen atoms in total. The summed E-state index contributed by atoms with van der Waals surface area (Å²) in [5.41, 5.74) is 0.114. The third-order valence-corrected chi connectivity index (χ3v) is 5.81. The first-order valence-electron chi connectivity index (χ1n) is 6.75. The van der Waals surface area contributed by atoms with Crippen molar-refractivity contribution in [1.29, 1.82) is 0 Å². The van der Waals surface area contributed by atoms with Crippen molar-refractivity contribution < 1.29 is 14.6 Å². The molecule has 3 rings (SSSR count). The van der Waals surface area contributed by atoms with E-state index in [-0.39, 0.29) is 0 Å². The van der Waals surface area contributed by atoms with Crippen LogP contribution in [0.15, 0.2) is 18.2 Å². The van der Waals surface area contributed by atoms with Crippen molar-refractivity contribution in [1.82, 2.24) is 0 Å². The number of thioether (sulfide) groups is 1. The summed E-state index contributed by atoms with van der Waals surface area (Å²) >= 11 is 2.04. The van der Waals surface area contributed by atoms with Crippen LogP contribution in [0.1, 0.15) is 31.2 Å². The maximum atomic E-state index is 11.1. The highest BCUT2D eigenvalue weighted by atomic mass is 32.2. The van der Waals surface area contributed by atoms with Crippen molar-refractivity contribution in [2.45, 2.75) is 41.8 Å². The van der Waals surface area contributed by atoms with Gasteiger partial charge in [-0.15, -0.1) is 0 Å². The molecule has 2 bridgehead atoms. The fourth-order valence-corrected chi connectivity index (χ4v) is 5.15. The zero-order valence-corrected chi connectivity index (χ0v) is 12.2. The molecule has 1 aromatic rings. The standard InChI is InChI=1S/C15H20O3S/c1-17-10-3-6-14(18-2)13(7-10)15(16)8-11-4-5-12(9-15)19-11/h3,6-7,11-12,16H,4-5,8-9H2,1-2H3. The van der Waals surface area contributed by atoms with Gasteiger partial charge in [-0.05, 0) is 43.9 Å². The van der Waals surface area contributed by atoms with E-state index in [1.54, 1.807) is 14.2 Å². The predicted octanol–water partition coefficient (Wildman–Crippen LogP) is 2.95. The first-order chi connectivity index (χ1) is 9.14. The third-order valence-electron chi connectivity index (χ3n) is 4.23. The molecule has 0 aliphatic carbocycles. The van der Waals surface area contributed by atoms with Crippen molar-refractivity contribution >= 4 is 11.8 Å². The van der Waals surface area contributed by atoms with E-state index in [2.05, 4.69) is 0 Å². The maximum Gasteiger partial charge on any atom is 0.125 e. The van der Waals surface area contributed by atoms with E-state index in [1.165, 1.54) is 12.8 Å². The number of methoxy groups -OCH3 is 2. The smallest absolute Gasteiger partial charge is 0.125 e. The number of ether oxygens (including phenoxy) is 2. The Hall–Kier alpha value is -0.870. The van der Waals surface area contributed by atoms with Crippen LogP contribution in [-0.2, 0) is 5.60 Å². The van der Waals surface area contributed by atoms with Gasteiger partial charge in [-0.2, -0.15) is 11.8 Å². The van der Waals surface area contributed by atoms with Crippen LogP contribution in [0.4, 0.5) is 0 Å². The number of hydrogen-bond donors (Lipinski definition) is 1. The Kier molecular flexibility index (Phi) is 3.39. The molecule has 2 fully saturated rings. The summed E-state index contributed by atoms with van der Waals surface area (Å²) < 4.78 is 10.7. The lowest BCUT2D eigenvalue weighted by atomic mass is 9.85. The number of hydrogen-bond acceptors (Lipinski definition) is 4. The Morgan fingerprint density at radius 1 is 1.16 bits per heavy atom. The van der Waals surface area contributed by atoms with Gasteiger partial charge in [-0.25, -0.2) is 0 Å². The van der Waals surface area contributed by atoms with Crippen LogP contribution in [-0.4, -0.2) is 29.8 Å². The largest absolute Gasteiger partial charge is 0.497 e. The van der Waals surface area contributed by atoms with Crippen molar-refractivity contribution in [2.75, 3.05) is 14.2 Å². The van der Waals surface area contributed by atoms with Gasteiger partial charge < -0.3 is 14.6 Å². The van der Waals surface area contributed by atoms with Crippen molar-refractivity contribution in [3.05, 3.63) is 23.8 Å². The molecule has 2 heterocycles. The van der Waals surface area contributed by atoms with Gasteiger partial charge in [0, 0.05) is 16.1 Å². The fraction of sp³-hybridized carbons (Fsp3) is 0.600. The molecule has 4 heteroatoms. The normalized spacial score (nSPS) is 33.2. The lowest BCUT2D eigenvalue weighted by Gasteiger charge is -2.37. The van der Waals surface area contributed by atoms with Crippen molar-refractivity contribution in [3.63, 3.8) is 0 Å². The van der Waals surface area contributed by atoms with E-state index >= 15 is 0 Å². The van der Waals surface area contributed by atoms with Crippen LogP contribution in [0.25, 0.3) is 0 Å². The molecule has 2 unspecified atom stereocenters. The Labute approximate surface area is 118 Å². The predicted molar refractivity (Wildman–Crippen MR) is 77.1 cm³/mol. The molecule has 0 saturated carbocycles. The van der Waals surface area contributed by atoms with Gasteiger partial charge in [-0.1, -0.05) is 0 Å². The first-order valence-corrected chi connectivity index (χ1v) is 7.69. The highest BCUT2D eigenvalue weighted by Crippen LogP contribution is 2.53. The zero-order chi connectivity index (χ0) is 13.5. The lowest BCUT2D eigenvalue weighted by Crippen LogP contribution is -2.35. The van der Waals surface area contributed by atoms with Gasteiger partial charge in [0.15, 0.2) is 0 Å². The molecular formula is C15H20O3S. The lowest BCUT2D eigenvalue weighted by molar-refractivity contribution is 0.0172.